The van der Waals surface area contributed by atoms with Gasteiger partial charge in [0.15, 0.2) is 0 Å². The molecule has 3 nitrogen and oxygen atoms in total. The van der Waals surface area contributed by atoms with E-state index in [0.29, 0.717) is 13.2 Å². The van der Waals surface area contributed by atoms with Crippen molar-refractivity contribution < 1.29 is 14.3 Å². The van der Waals surface area contributed by atoms with Crippen LogP contribution in [0, 0.1) is 0 Å². The first-order valence-electron chi connectivity index (χ1n) is 3.71. The normalized spacial score (nSPS) is 19.7. The van der Waals surface area contributed by atoms with E-state index in [4.69, 9.17) is 9.47 Å². The number of carbonyl (C=O) groups is 1. The van der Waals surface area contributed by atoms with Crippen molar-refractivity contribution in [1.82, 2.24) is 0 Å². The quantitative estimate of drug-likeness (QED) is 0.495. The molecule has 1 heterocycles. The molecule has 11 heavy (non-hydrogen) atoms. The van der Waals surface area contributed by atoms with Crippen LogP contribution in [0.25, 0.3) is 0 Å². The average molecular weight is 176 g/mol. The fourth-order valence-corrected chi connectivity index (χ4v) is 1.09. The summed E-state index contributed by atoms with van der Waals surface area (Å²) in [5.74, 6) is -0.0719. The van der Waals surface area contributed by atoms with Crippen LogP contribution in [0.2, 0.25) is 0 Å². The van der Waals surface area contributed by atoms with Crippen LogP contribution in [0.5, 0.6) is 0 Å². The molecule has 0 spiro atoms. The van der Waals surface area contributed by atoms with Gasteiger partial charge >= 0.3 is 5.97 Å². The molecular weight excluding hydrogens is 164 g/mol. The van der Waals surface area contributed by atoms with E-state index in [1.807, 2.05) is 0 Å². The maximum absolute atomic E-state index is 10.7. The van der Waals surface area contributed by atoms with Crippen LogP contribution >= 0.6 is 12.6 Å². The summed E-state index contributed by atoms with van der Waals surface area (Å²) >= 11 is 3.81. The van der Waals surface area contributed by atoms with Crippen LogP contribution in [0.1, 0.15) is 12.8 Å². The molecule has 0 aliphatic carbocycles. The van der Waals surface area contributed by atoms with Crippen molar-refractivity contribution >= 4 is 18.6 Å². The first kappa shape index (κ1) is 8.87. The first-order valence-corrected chi connectivity index (χ1v) is 4.34. The molecule has 1 rings (SSSR count). The molecule has 1 aliphatic heterocycles. The monoisotopic (exact) mass is 176 g/mol. The zero-order valence-electron chi connectivity index (χ0n) is 6.28. The Morgan fingerprint density at radius 1 is 1.55 bits per heavy atom. The van der Waals surface area contributed by atoms with Gasteiger partial charge in [-0.25, -0.2) is 0 Å². The molecule has 0 saturated carbocycles. The Morgan fingerprint density at radius 2 is 2.18 bits per heavy atom. The largest absolute Gasteiger partial charge is 0.462 e. The van der Waals surface area contributed by atoms with Crippen molar-refractivity contribution in [1.29, 1.82) is 0 Å². The van der Waals surface area contributed by atoms with Crippen molar-refractivity contribution in [3.8, 4) is 0 Å². The zero-order chi connectivity index (χ0) is 8.10. The van der Waals surface area contributed by atoms with Gasteiger partial charge in [-0.2, -0.15) is 12.6 Å². The molecule has 0 amide bonds. The van der Waals surface area contributed by atoms with Crippen LogP contribution in [0.3, 0.4) is 0 Å². The molecule has 1 aliphatic rings. The van der Waals surface area contributed by atoms with Gasteiger partial charge in [-0.3, -0.25) is 4.79 Å². The van der Waals surface area contributed by atoms with Gasteiger partial charge in [0.25, 0.3) is 0 Å². The highest BCUT2D eigenvalue weighted by Gasteiger charge is 2.16. The molecule has 0 N–H and O–H groups in total. The Morgan fingerprint density at radius 3 is 2.73 bits per heavy atom. The molecule has 0 bridgehead atoms. The lowest BCUT2D eigenvalue weighted by atomic mass is 10.2. The summed E-state index contributed by atoms with van der Waals surface area (Å²) in [6, 6.07) is 0. The van der Waals surface area contributed by atoms with Crippen LogP contribution in [0.4, 0.5) is 0 Å². The van der Waals surface area contributed by atoms with Crippen molar-refractivity contribution in [2.75, 3.05) is 19.0 Å². The van der Waals surface area contributed by atoms with Gasteiger partial charge in [-0.05, 0) is 0 Å². The number of hydrogen-bond acceptors (Lipinski definition) is 4. The van der Waals surface area contributed by atoms with Gasteiger partial charge < -0.3 is 9.47 Å². The minimum Gasteiger partial charge on any atom is -0.462 e. The van der Waals surface area contributed by atoms with Gasteiger partial charge in [0.05, 0.1) is 19.0 Å². The molecule has 0 radical (unpaired) electrons. The van der Waals surface area contributed by atoms with E-state index in [1.54, 1.807) is 0 Å². The summed E-state index contributed by atoms with van der Waals surface area (Å²) in [4.78, 5) is 10.7. The second-order valence-corrected chi connectivity index (χ2v) is 2.78. The van der Waals surface area contributed by atoms with Crippen LogP contribution < -0.4 is 0 Å². The molecule has 0 aromatic rings. The Bertz CT molecular complexity index is 132. The van der Waals surface area contributed by atoms with Crippen LogP contribution in [-0.2, 0) is 14.3 Å². The highest BCUT2D eigenvalue weighted by molar-refractivity contribution is 7.81. The minimum atomic E-state index is -0.236. The Hall–Kier alpha value is -0.220. The van der Waals surface area contributed by atoms with E-state index < -0.39 is 0 Å². The predicted molar refractivity (Wildman–Crippen MR) is 43.8 cm³/mol. The number of thiol groups is 1. The third kappa shape index (κ3) is 3.12. The summed E-state index contributed by atoms with van der Waals surface area (Å²) in [6.07, 6.45) is 1.70. The summed E-state index contributed by atoms with van der Waals surface area (Å²) in [5.41, 5.74) is 0. The topological polar surface area (TPSA) is 35.5 Å². The number of ether oxygens (including phenoxy) is 2. The van der Waals surface area contributed by atoms with Gasteiger partial charge in [-0.1, -0.05) is 0 Å². The first-order chi connectivity index (χ1) is 5.33. The van der Waals surface area contributed by atoms with E-state index >= 15 is 0 Å². The Balaban J connectivity index is 2.19. The maximum atomic E-state index is 10.7. The average Bonchev–Trinajstić information content (AvgIpc) is 2.06. The number of esters is 1. The smallest absolute Gasteiger partial charge is 0.315 e. The fraction of sp³-hybridized carbons (Fsp3) is 0.857. The molecule has 0 aromatic heterocycles. The van der Waals surface area contributed by atoms with Crippen molar-refractivity contribution in [2.45, 2.75) is 18.9 Å². The lowest BCUT2D eigenvalue weighted by molar-refractivity contribution is -0.149. The second kappa shape index (κ2) is 4.62. The van der Waals surface area contributed by atoms with E-state index in [9.17, 15) is 4.79 Å². The van der Waals surface area contributed by atoms with Crippen molar-refractivity contribution in [2.24, 2.45) is 0 Å². The van der Waals surface area contributed by atoms with E-state index in [1.165, 1.54) is 0 Å². The SMILES string of the molecule is O=C(CS)OC1CCOCC1. The molecule has 4 heteroatoms. The Labute approximate surface area is 71.5 Å². The molecule has 1 fully saturated rings. The number of hydrogen-bond donors (Lipinski definition) is 1. The molecule has 0 aromatic carbocycles. The third-order valence-corrected chi connectivity index (χ3v) is 1.85. The van der Waals surface area contributed by atoms with Gasteiger partial charge in [0.2, 0.25) is 0 Å². The summed E-state index contributed by atoms with van der Waals surface area (Å²) in [5, 5.41) is 0. The fourth-order valence-electron chi connectivity index (χ4n) is 1.02. The van der Waals surface area contributed by atoms with E-state index in [0.717, 1.165) is 12.8 Å². The van der Waals surface area contributed by atoms with Crippen LogP contribution in [-0.4, -0.2) is 31.0 Å². The maximum Gasteiger partial charge on any atom is 0.315 e. The zero-order valence-corrected chi connectivity index (χ0v) is 7.18. The molecule has 1 saturated heterocycles. The third-order valence-electron chi connectivity index (χ3n) is 1.60. The number of carbonyl (C=O) groups excluding carboxylic acids is 1. The standard InChI is InChI=1S/C7H12O3S/c8-7(5-11)10-6-1-3-9-4-2-6/h6,11H,1-5H2. The summed E-state index contributed by atoms with van der Waals surface area (Å²) in [6.45, 7) is 1.40. The lowest BCUT2D eigenvalue weighted by Gasteiger charge is -2.21. The van der Waals surface area contributed by atoms with E-state index in [-0.39, 0.29) is 17.8 Å². The van der Waals surface area contributed by atoms with Crippen molar-refractivity contribution in [3.63, 3.8) is 0 Å². The predicted octanol–water partition coefficient (Wildman–Crippen LogP) is 0.638. The molecule has 64 valence electrons. The second-order valence-electron chi connectivity index (χ2n) is 2.46. The lowest BCUT2D eigenvalue weighted by Crippen LogP contribution is -2.26. The van der Waals surface area contributed by atoms with E-state index in [2.05, 4.69) is 12.6 Å². The van der Waals surface area contributed by atoms with Gasteiger partial charge in [0, 0.05) is 12.8 Å². The molecular formula is C7H12O3S. The molecule has 0 unspecified atom stereocenters. The summed E-state index contributed by atoms with van der Waals surface area (Å²) in [7, 11) is 0. The highest BCUT2D eigenvalue weighted by Crippen LogP contribution is 2.10. The van der Waals surface area contributed by atoms with Crippen molar-refractivity contribution in [3.05, 3.63) is 0 Å². The number of rotatable bonds is 2. The minimum absolute atomic E-state index is 0.0587. The van der Waals surface area contributed by atoms with Gasteiger partial charge in [0.1, 0.15) is 6.10 Å². The Kier molecular flexibility index (Phi) is 3.72. The molecule has 0 atom stereocenters. The van der Waals surface area contributed by atoms with Gasteiger partial charge in [-0.15, -0.1) is 0 Å². The summed E-state index contributed by atoms with van der Waals surface area (Å²) < 4.78 is 10.1. The van der Waals surface area contributed by atoms with Crippen LogP contribution in [0.15, 0.2) is 0 Å². The highest BCUT2D eigenvalue weighted by atomic mass is 32.1.